The Kier molecular flexibility index (Phi) is 5.02. The Morgan fingerprint density at radius 2 is 2.31 bits per heavy atom. The van der Waals surface area contributed by atoms with Crippen LogP contribution in [0.15, 0.2) is 0 Å². The van der Waals surface area contributed by atoms with E-state index in [1.807, 2.05) is 0 Å². The summed E-state index contributed by atoms with van der Waals surface area (Å²) in [6, 6.07) is 0. The molecule has 0 aliphatic carbocycles. The van der Waals surface area contributed by atoms with Gasteiger partial charge in [-0.2, -0.15) is 0 Å². The van der Waals surface area contributed by atoms with Crippen LogP contribution in [0.25, 0.3) is 0 Å². The third kappa shape index (κ3) is 3.81. The number of likely N-dealkylation sites (tertiary alicyclic amines) is 1. The number of nitrogens with zero attached hydrogens (tertiary/aromatic N) is 1. The molecule has 1 rings (SSSR count). The lowest BCUT2D eigenvalue weighted by Crippen LogP contribution is -2.31. The first-order chi connectivity index (χ1) is 6.26. The first-order valence-electron chi connectivity index (χ1n) is 4.83. The predicted molar refractivity (Wildman–Crippen MR) is 53.0 cm³/mol. The van der Waals surface area contributed by atoms with Crippen LogP contribution in [0, 0.1) is 5.92 Å². The molecule has 0 aromatic rings. The number of halogens is 1. The van der Waals surface area contributed by atoms with Gasteiger partial charge in [-0.05, 0) is 25.3 Å². The molecule has 13 heavy (non-hydrogen) atoms. The van der Waals surface area contributed by atoms with Gasteiger partial charge in [-0.1, -0.05) is 0 Å². The van der Waals surface area contributed by atoms with Crippen molar-refractivity contribution in [2.45, 2.75) is 18.9 Å². The van der Waals surface area contributed by atoms with Crippen LogP contribution in [0.3, 0.4) is 0 Å². The Balaban J connectivity index is 2.17. The zero-order chi connectivity index (χ0) is 9.68. The fourth-order valence-electron chi connectivity index (χ4n) is 1.84. The summed E-state index contributed by atoms with van der Waals surface area (Å²) in [5.41, 5.74) is 0. The normalized spacial score (nSPS) is 26.5. The lowest BCUT2D eigenvalue weighted by molar-refractivity contribution is 0.140. The van der Waals surface area contributed by atoms with E-state index in [0.29, 0.717) is 18.3 Å². The minimum atomic E-state index is -0.408. The predicted octanol–water partition coefficient (Wildman–Crippen LogP) is 0.290. The number of alkyl halides is 1. The highest BCUT2D eigenvalue weighted by molar-refractivity contribution is 6.18. The molecule has 4 heteroatoms. The van der Waals surface area contributed by atoms with Crippen molar-refractivity contribution >= 4 is 11.6 Å². The van der Waals surface area contributed by atoms with Crippen molar-refractivity contribution in [1.29, 1.82) is 0 Å². The van der Waals surface area contributed by atoms with Gasteiger partial charge in [0.15, 0.2) is 0 Å². The van der Waals surface area contributed by atoms with Gasteiger partial charge in [0.2, 0.25) is 0 Å². The zero-order valence-corrected chi connectivity index (χ0v) is 8.58. The summed E-state index contributed by atoms with van der Waals surface area (Å²) in [6.07, 6.45) is 1.61. The number of aliphatic hydroxyl groups excluding tert-OH is 2. The summed E-state index contributed by atoms with van der Waals surface area (Å²) in [5.74, 6) is 0.911. The Hall–Kier alpha value is 0.170. The summed E-state index contributed by atoms with van der Waals surface area (Å²) in [6.45, 7) is 2.97. The lowest BCUT2D eigenvalue weighted by Gasteiger charge is -2.18. The van der Waals surface area contributed by atoms with Crippen LogP contribution in [0.5, 0.6) is 0 Å². The molecule has 1 aliphatic heterocycles. The first kappa shape index (κ1) is 11.2. The zero-order valence-electron chi connectivity index (χ0n) is 7.82. The molecule has 2 unspecified atom stereocenters. The van der Waals surface area contributed by atoms with E-state index in [4.69, 9.17) is 16.7 Å². The average Bonchev–Trinajstić information content (AvgIpc) is 2.53. The molecule has 0 amide bonds. The van der Waals surface area contributed by atoms with Gasteiger partial charge >= 0.3 is 0 Å². The molecular weight excluding hydrogens is 190 g/mol. The van der Waals surface area contributed by atoms with Crippen molar-refractivity contribution in [2.75, 3.05) is 32.1 Å². The summed E-state index contributed by atoms with van der Waals surface area (Å²) in [7, 11) is 0. The van der Waals surface area contributed by atoms with Gasteiger partial charge < -0.3 is 15.1 Å². The Bertz CT molecular complexity index is 146. The molecule has 0 bridgehead atoms. The number of hydrogen-bond donors (Lipinski definition) is 2. The molecule has 2 atom stereocenters. The second-order valence-corrected chi connectivity index (χ2v) is 4.04. The molecule has 0 aromatic carbocycles. The van der Waals surface area contributed by atoms with E-state index in [-0.39, 0.29) is 6.61 Å². The van der Waals surface area contributed by atoms with Crippen molar-refractivity contribution in [3.8, 4) is 0 Å². The molecule has 3 nitrogen and oxygen atoms in total. The van der Waals surface area contributed by atoms with Crippen LogP contribution in [-0.2, 0) is 0 Å². The second-order valence-electron chi connectivity index (χ2n) is 3.73. The van der Waals surface area contributed by atoms with Crippen molar-refractivity contribution in [3.63, 3.8) is 0 Å². The van der Waals surface area contributed by atoms with E-state index in [9.17, 15) is 5.11 Å². The summed E-state index contributed by atoms with van der Waals surface area (Å²) in [5, 5.41) is 18.1. The van der Waals surface area contributed by atoms with Crippen molar-refractivity contribution in [1.82, 2.24) is 4.90 Å². The maximum atomic E-state index is 9.31. The van der Waals surface area contributed by atoms with E-state index in [2.05, 4.69) is 4.90 Å². The molecule has 1 fully saturated rings. The molecule has 1 aliphatic rings. The number of aliphatic hydroxyl groups is 2. The monoisotopic (exact) mass is 207 g/mol. The third-order valence-corrected chi connectivity index (χ3v) is 2.91. The molecule has 0 aromatic heterocycles. The highest BCUT2D eigenvalue weighted by atomic mass is 35.5. The van der Waals surface area contributed by atoms with Gasteiger partial charge in [0.1, 0.15) is 0 Å². The van der Waals surface area contributed by atoms with E-state index in [0.717, 1.165) is 25.9 Å². The lowest BCUT2D eigenvalue weighted by atomic mass is 10.1. The fraction of sp³-hybridized carbons (Fsp3) is 1.00. The van der Waals surface area contributed by atoms with Crippen molar-refractivity contribution in [2.24, 2.45) is 5.92 Å². The minimum Gasteiger partial charge on any atom is -0.396 e. The van der Waals surface area contributed by atoms with Gasteiger partial charge in [-0.25, -0.2) is 0 Å². The van der Waals surface area contributed by atoms with Crippen LogP contribution in [0.1, 0.15) is 12.8 Å². The molecule has 0 saturated carbocycles. The van der Waals surface area contributed by atoms with Gasteiger partial charge in [0.05, 0.1) is 6.10 Å². The van der Waals surface area contributed by atoms with Gasteiger partial charge in [-0.15, -0.1) is 11.6 Å². The standard InChI is InChI=1S/C9H18ClNO2/c10-5-9(13)7-11-3-1-8(6-11)2-4-12/h8-9,12-13H,1-7H2. The number of β-amino-alcohol motifs (C(OH)–C–C–N with tert-alkyl or cyclic N) is 1. The fourth-order valence-corrected chi connectivity index (χ4v) is 1.94. The molecule has 1 saturated heterocycles. The molecule has 2 N–H and O–H groups in total. The van der Waals surface area contributed by atoms with Gasteiger partial charge in [0, 0.05) is 25.6 Å². The SMILES string of the molecule is OCCC1CCN(CC(O)CCl)C1. The van der Waals surface area contributed by atoms with Gasteiger partial charge in [-0.3, -0.25) is 0 Å². The van der Waals surface area contributed by atoms with Crippen LogP contribution < -0.4 is 0 Å². The maximum absolute atomic E-state index is 9.31. The summed E-state index contributed by atoms with van der Waals surface area (Å²) in [4.78, 5) is 2.22. The van der Waals surface area contributed by atoms with Crippen LogP contribution in [0.2, 0.25) is 0 Å². The van der Waals surface area contributed by atoms with Crippen molar-refractivity contribution < 1.29 is 10.2 Å². The Labute approximate surface area is 84.3 Å². The van der Waals surface area contributed by atoms with Crippen LogP contribution >= 0.6 is 11.6 Å². The largest absolute Gasteiger partial charge is 0.396 e. The summed E-state index contributed by atoms with van der Waals surface area (Å²) >= 11 is 5.51. The molecular formula is C9H18ClNO2. The average molecular weight is 208 g/mol. The highest BCUT2D eigenvalue weighted by Crippen LogP contribution is 2.19. The van der Waals surface area contributed by atoms with Crippen LogP contribution in [-0.4, -0.2) is 53.3 Å². The molecule has 78 valence electrons. The molecule has 0 radical (unpaired) electrons. The van der Waals surface area contributed by atoms with Crippen molar-refractivity contribution in [3.05, 3.63) is 0 Å². The first-order valence-corrected chi connectivity index (χ1v) is 5.37. The topological polar surface area (TPSA) is 43.7 Å². The van der Waals surface area contributed by atoms with E-state index in [1.54, 1.807) is 0 Å². The highest BCUT2D eigenvalue weighted by Gasteiger charge is 2.23. The Morgan fingerprint density at radius 1 is 1.54 bits per heavy atom. The quantitative estimate of drug-likeness (QED) is 0.637. The third-order valence-electron chi connectivity index (χ3n) is 2.55. The Morgan fingerprint density at radius 3 is 2.92 bits per heavy atom. The number of rotatable bonds is 5. The smallest absolute Gasteiger partial charge is 0.0802 e. The van der Waals surface area contributed by atoms with Crippen LogP contribution in [0.4, 0.5) is 0 Å². The van der Waals surface area contributed by atoms with E-state index < -0.39 is 6.10 Å². The second kappa shape index (κ2) is 5.81. The van der Waals surface area contributed by atoms with Gasteiger partial charge in [0.25, 0.3) is 0 Å². The molecule has 1 heterocycles. The summed E-state index contributed by atoms with van der Waals surface area (Å²) < 4.78 is 0. The minimum absolute atomic E-state index is 0.274. The van der Waals surface area contributed by atoms with E-state index in [1.165, 1.54) is 0 Å². The van der Waals surface area contributed by atoms with E-state index >= 15 is 0 Å². The molecule has 0 spiro atoms. The maximum Gasteiger partial charge on any atom is 0.0802 e. The number of hydrogen-bond acceptors (Lipinski definition) is 3.